The Hall–Kier alpha value is -1.89. The SMILES string of the molecule is CCCc1cc2c(=O)n(C(C)(C)C(=O)O)c(=O)[nH]c2s1. The topological polar surface area (TPSA) is 92.2 Å². The number of nitrogens with zero attached hydrogens (tertiary/aromatic N) is 1. The number of fused-ring (bicyclic) bond motifs is 1. The maximum atomic E-state index is 12.4. The third-order valence-electron chi connectivity index (χ3n) is 3.22. The summed E-state index contributed by atoms with van der Waals surface area (Å²) >= 11 is 1.36. The van der Waals surface area contributed by atoms with Gasteiger partial charge in [-0.25, -0.2) is 14.2 Å². The molecule has 20 heavy (non-hydrogen) atoms. The second kappa shape index (κ2) is 4.90. The van der Waals surface area contributed by atoms with Gasteiger partial charge in [0.25, 0.3) is 5.56 Å². The summed E-state index contributed by atoms with van der Waals surface area (Å²) in [6.45, 7) is 4.69. The van der Waals surface area contributed by atoms with Crippen molar-refractivity contribution in [2.75, 3.05) is 0 Å². The van der Waals surface area contributed by atoms with E-state index in [1.54, 1.807) is 6.07 Å². The predicted molar refractivity (Wildman–Crippen MR) is 77.7 cm³/mol. The van der Waals surface area contributed by atoms with Crippen molar-refractivity contribution in [2.45, 2.75) is 39.2 Å². The Bertz CT molecular complexity index is 782. The molecule has 2 heterocycles. The first-order valence-electron chi connectivity index (χ1n) is 6.30. The molecule has 7 heteroatoms. The smallest absolute Gasteiger partial charge is 0.330 e. The van der Waals surface area contributed by atoms with Crippen molar-refractivity contribution in [2.24, 2.45) is 0 Å². The second-order valence-corrected chi connectivity index (χ2v) is 6.28. The van der Waals surface area contributed by atoms with Crippen molar-refractivity contribution < 1.29 is 9.90 Å². The molecule has 0 bridgehead atoms. The highest BCUT2D eigenvalue weighted by molar-refractivity contribution is 7.18. The van der Waals surface area contributed by atoms with Gasteiger partial charge in [-0.05, 0) is 26.3 Å². The summed E-state index contributed by atoms with van der Waals surface area (Å²) in [5.74, 6) is -1.23. The van der Waals surface area contributed by atoms with Crippen LogP contribution in [0.2, 0.25) is 0 Å². The molecule has 0 saturated carbocycles. The van der Waals surface area contributed by atoms with Crippen LogP contribution in [0.1, 0.15) is 32.1 Å². The van der Waals surface area contributed by atoms with Gasteiger partial charge in [0, 0.05) is 4.88 Å². The summed E-state index contributed by atoms with van der Waals surface area (Å²) in [6, 6.07) is 1.73. The van der Waals surface area contributed by atoms with Crippen LogP contribution in [0.4, 0.5) is 0 Å². The number of thiophene rings is 1. The fourth-order valence-electron chi connectivity index (χ4n) is 2.03. The van der Waals surface area contributed by atoms with Crippen LogP contribution in [0.3, 0.4) is 0 Å². The molecule has 0 aliphatic heterocycles. The van der Waals surface area contributed by atoms with Crippen LogP contribution < -0.4 is 11.2 Å². The molecule has 0 unspecified atom stereocenters. The Morgan fingerprint density at radius 1 is 1.45 bits per heavy atom. The van der Waals surface area contributed by atoms with Gasteiger partial charge in [-0.3, -0.25) is 9.78 Å². The van der Waals surface area contributed by atoms with Gasteiger partial charge in [-0.15, -0.1) is 11.3 Å². The Kier molecular flexibility index (Phi) is 3.56. The molecular formula is C13H16N2O4S. The van der Waals surface area contributed by atoms with Gasteiger partial charge in [-0.2, -0.15) is 0 Å². The van der Waals surface area contributed by atoms with Crippen molar-refractivity contribution in [3.05, 3.63) is 31.8 Å². The number of carbonyl (C=O) groups is 1. The number of nitrogens with one attached hydrogen (secondary N) is 1. The highest BCUT2D eigenvalue weighted by Gasteiger charge is 2.33. The van der Waals surface area contributed by atoms with Gasteiger partial charge >= 0.3 is 11.7 Å². The van der Waals surface area contributed by atoms with E-state index in [-0.39, 0.29) is 0 Å². The maximum Gasteiger partial charge on any atom is 0.330 e. The highest BCUT2D eigenvalue weighted by atomic mass is 32.1. The molecule has 2 rings (SSSR count). The van der Waals surface area contributed by atoms with Crippen molar-refractivity contribution in [3.63, 3.8) is 0 Å². The van der Waals surface area contributed by atoms with Gasteiger partial charge in [0.05, 0.1) is 5.39 Å². The zero-order valence-corrected chi connectivity index (χ0v) is 12.3. The fourth-order valence-corrected chi connectivity index (χ4v) is 3.17. The lowest BCUT2D eigenvalue weighted by atomic mass is 10.1. The number of aromatic nitrogens is 2. The summed E-state index contributed by atoms with van der Waals surface area (Å²) in [4.78, 5) is 39.8. The molecule has 0 atom stereocenters. The van der Waals surface area contributed by atoms with E-state index < -0.39 is 22.8 Å². The third-order valence-corrected chi connectivity index (χ3v) is 4.33. The van der Waals surface area contributed by atoms with E-state index >= 15 is 0 Å². The van der Waals surface area contributed by atoms with Crippen molar-refractivity contribution in [3.8, 4) is 0 Å². The summed E-state index contributed by atoms with van der Waals surface area (Å²) < 4.78 is 0.764. The fraction of sp³-hybridized carbons (Fsp3) is 0.462. The highest BCUT2D eigenvalue weighted by Crippen LogP contribution is 2.22. The van der Waals surface area contributed by atoms with E-state index in [1.165, 1.54) is 25.2 Å². The number of carboxylic acid groups (broad SMARTS) is 1. The first-order chi connectivity index (χ1) is 9.28. The van der Waals surface area contributed by atoms with E-state index in [9.17, 15) is 19.5 Å². The Labute approximate surface area is 118 Å². The molecule has 0 aromatic carbocycles. The minimum atomic E-state index is -1.59. The average Bonchev–Trinajstić information content (AvgIpc) is 2.71. The van der Waals surface area contributed by atoms with Gasteiger partial charge < -0.3 is 5.11 Å². The monoisotopic (exact) mass is 296 g/mol. The molecule has 0 amide bonds. The molecule has 108 valence electrons. The molecule has 6 nitrogen and oxygen atoms in total. The van der Waals surface area contributed by atoms with Crippen molar-refractivity contribution >= 4 is 27.5 Å². The molecular weight excluding hydrogens is 280 g/mol. The number of aromatic amines is 1. The minimum absolute atomic E-state index is 0.368. The first-order valence-corrected chi connectivity index (χ1v) is 7.12. The number of H-pyrrole nitrogens is 1. The van der Waals surface area contributed by atoms with E-state index in [0.717, 1.165) is 22.3 Å². The lowest BCUT2D eigenvalue weighted by Crippen LogP contribution is -2.50. The minimum Gasteiger partial charge on any atom is -0.480 e. The van der Waals surface area contributed by atoms with Crippen LogP contribution >= 0.6 is 11.3 Å². The summed E-state index contributed by atoms with van der Waals surface area (Å²) in [5.41, 5.74) is -2.85. The second-order valence-electron chi connectivity index (χ2n) is 5.14. The zero-order chi connectivity index (χ0) is 15.1. The average molecular weight is 296 g/mol. The normalized spacial score (nSPS) is 11.9. The number of aryl methyl sites for hydroxylation is 1. The molecule has 0 fully saturated rings. The van der Waals surface area contributed by atoms with Crippen LogP contribution in [0.5, 0.6) is 0 Å². The number of hydrogen-bond acceptors (Lipinski definition) is 4. The molecule has 0 spiro atoms. The Morgan fingerprint density at radius 2 is 2.10 bits per heavy atom. The molecule has 2 N–H and O–H groups in total. The van der Waals surface area contributed by atoms with Gasteiger partial charge in [0.1, 0.15) is 10.4 Å². The number of carboxylic acids is 1. The van der Waals surface area contributed by atoms with E-state index in [2.05, 4.69) is 4.98 Å². The number of hydrogen-bond donors (Lipinski definition) is 2. The van der Waals surface area contributed by atoms with E-state index in [0.29, 0.717) is 10.2 Å². The summed E-state index contributed by atoms with van der Waals surface area (Å²) in [6.07, 6.45) is 1.76. The largest absolute Gasteiger partial charge is 0.480 e. The van der Waals surface area contributed by atoms with E-state index in [1.807, 2.05) is 6.92 Å². The molecule has 0 aliphatic rings. The van der Waals surface area contributed by atoms with Crippen LogP contribution in [0, 0.1) is 0 Å². The van der Waals surface area contributed by atoms with Gasteiger partial charge in [-0.1, -0.05) is 13.3 Å². The number of aliphatic carboxylic acids is 1. The molecule has 0 radical (unpaired) electrons. The number of rotatable bonds is 4. The lowest BCUT2D eigenvalue weighted by molar-refractivity contribution is -0.146. The van der Waals surface area contributed by atoms with Crippen LogP contribution in [0.15, 0.2) is 15.7 Å². The quantitative estimate of drug-likeness (QED) is 0.894. The third kappa shape index (κ3) is 2.18. The standard InChI is InChI=1S/C13H16N2O4S/c1-4-5-7-6-8-9(20-7)14-12(19)15(10(8)16)13(2,3)11(17)18/h6H,4-5H2,1-3H3,(H,14,19)(H,17,18). The summed E-state index contributed by atoms with van der Waals surface area (Å²) in [7, 11) is 0. The van der Waals surface area contributed by atoms with E-state index in [4.69, 9.17) is 0 Å². The van der Waals surface area contributed by atoms with Crippen LogP contribution in [0.25, 0.3) is 10.2 Å². The Morgan fingerprint density at radius 3 is 2.65 bits per heavy atom. The molecule has 2 aromatic heterocycles. The zero-order valence-electron chi connectivity index (χ0n) is 11.5. The van der Waals surface area contributed by atoms with Crippen molar-refractivity contribution in [1.82, 2.24) is 9.55 Å². The lowest BCUT2D eigenvalue weighted by Gasteiger charge is -2.20. The van der Waals surface area contributed by atoms with Gasteiger partial charge in [0.2, 0.25) is 0 Å². The maximum absolute atomic E-state index is 12.4. The van der Waals surface area contributed by atoms with Crippen LogP contribution in [-0.2, 0) is 16.8 Å². The molecule has 0 aliphatic carbocycles. The summed E-state index contributed by atoms with van der Waals surface area (Å²) in [5, 5.41) is 9.56. The molecule has 0 saturated heterocycles. The van der Waals surface area contributed by atoms with Crippen LogP contribution in [-0.4, -0.2) is 20.6 Å². The van der Waals surface area contributed by atoms with Crippen molar-refractivity contribution in [1.29, 1.82) is 0 Å². The predicted octanol–water partition coefficient (Wildman–Crippen LogP) is 1.52. The first kappa shape index (κ1) is 14.5. The Balaban J connectivity index is 2.78. The molecule has 2 aromatic rings. The van der Waals surface area contributed by atoms with Gasteiger partial charge in [0.15, 0.2) is 0 Å².